The Labute approximate surface area is 350 Å². The summed E-state index contributed by atoms with van der Waals surface area (Å²) in [4.78, 5) is 40.6. The molecule has 1 unspecified atom stereocenters. The van der Waals surface area contributed by atoms with Crippen LogP contribution in [0.4, 0.5) is 4.79 Å². The molecule has 0 amide bonds. The molecule has 57 heavy (non-hydrogen) atoms. The van der Waals surface area contributed by atoms with Crippen molar-refractivity contribution in [2.24, 2.45) is 29.6 Å². The zero-order valence-electron chi connectivity index (χ0n) is 37.3. The first kappa shape index (κ1) is 50.8. The van der Waals surface area contributed by atoms with E-state index in [1.165, 1.54) is 89.9 Å². The van der Waals surface area contributed by atoms with Gasteiger partial charge in [0.05, 0.1) is 18.4 Å². The van der Waals surface area contributed by atoms with E-state index in [0.717, 1.165) is 108 Å². The fraction of sp³-hybridized carbons (Fsp3) is 0.857. The van der Waals surface area contributed by atoms with Crippen LogP contribution in [0.25, 0.3) is 0 Å². The van der Waals surface area contributed by atoms with E-state index in [2.05, 4.69) is 56.9 Å². The largest absolute Gasteiger partial charge is 0.508 e. The molecule has 0 aromatic carbocycles. The van der Waals surface area contributed by atoms with Crippen LogP contribution in [0.1, 0.15) is 195 Å². The lowest BCUT2D eigenvalue weighted by atomic mass is 9.73. The minimum Gasteiger partial charge on any atom is -0.465 e. The third kappa shape index (κ3) is 25.7. The Hall–Kier alpha value is -2.35. The summed E-state index contributed by atoms with van der Waals surface area (Å²) in [6.45, 7) is 11.8. The van der Waals surface area contributed by atoms with Crippen LogP contribution >= 0.6 is 0 Å². The number of carbonyl (C=O) groups is 3. The van der Waals surface area contributed by atoms with Crippen LogP contribution in [0.3, 0.4) is 0 Å². The molecule has 0 radical (unpaired) electrons. The molecule has 3 atom stereocenters. The van der Waals surface area contributed by atoms with Crippen molar-refractivity contribution in [3.8, 4) is 0 Å². The molecule has 0 heterocycles. The maximum absolute atomic E-state index is 13.3. The molecule has 0 aromatic heterocycles. The van der Waals surface area contributed by atoms with Gasteiger partial charge in [0.15, 0.2) is 0 Å². The highest BCUT2D eigenvalue weighted by molar-refractivity contribution is 5.72. The number of rotatable bonds is 32. The summed E-state index contributed by atoms with van der Waals surface area (Å²) in [6, 6.07) is 0. The molecule has 0 aromatic rings. The van der Waals surface area contributed by atoms with Crippen LogP contribution in [0.5, 0.6) is 0 Å². The molecule has 0 N–H and O–H groups in total. The highest BCUT2D eigenvalue weighted by Gasteiger charge is 2.33. The van der Waals surface area contributed by atoms with Crippen LogP contribution in [0, 0.1) is 29.6 Å². The average molecular weight is 802 g/mol. The first-order valence-corrected chi connectivity index (χ1v) is 24.0. The zero-order chi connectivity index (χ0) is 41.2. The van der Waals surface area contributed by atoms with Crippen LogP contribution in [0.15, 0.2) is 24.3 Å². The molecular formula is C49H87NO7. The zero-order valence-corrected chi connectivity index (χ0v) is 37.3. The molecule has 330 valence electrons. The molecule has 8 heteroatoms. The summed E-state index contributed by atoms with van der Waals surface area (Å²) >= 11 is 0. The molecular weight excluding hydrogens is 715 g/mol. The van der Waals surface area contributed by atoms with Gasteiger partial charge in [-0.3, -0.25) is 9.59 Å². The maximum atomic E-state index is 13.3. The average Bonchev–Trinajstić information content (AvgIpc) is 3.47. The van der Waals surface area contributed by atoms with Gasteiger partial charge >= 0.3 is 18.1 Å². The van der Waals surface area contributed by atoms with Gasteiger partial charge in [0.2, 0.25) is 0 Å². The topological polar surface area (TPSA) is 91.4 Å². The molecule has 2 saturated carbocycles. The number of hydrogen-bond donors (Lipinski definition) is 0. The predicted molar refractivity (Wildman–Crippen MR) is 234 cm³/mol. The lowest BCUT2D eigenvalue weighted by molar-refractivity contribution is -0.154. The van der Waals surface area contributed by atoms with Crippen molar-refractivity contribution in [3.05, 3.63) is 24.3 Å². The van der Waals surface area contributed by atoms with E-state index in [1.807, 2.05) is 0 Å². The van der Waals surface area contributed by atoms with E-state index < -0.39 is 12.1 Å². The normalized spacial score (nSPS) is 20.8. The summed E-state index contributed by atoms with van der Waals surface area (Å²) in [5.74, 6) is 1.46. The molecule has 2 fully saturated rings. The van der Waals surface area contributed by atoms with Gasteiger partial charge in [0, 0.05) is 13.0 Å². The van der Waals surface area contributed by atoms with Gasteiger partial charge in [0.1, 0.15) is 19.8 Å². The molecule has 2 aliphatic rings. The molecule has 2 rings (SSSR count). The van der Waals surface area contributed by atoms with Crippen molar-refractivity contribution in [2.75, 3.05) is 46.1 Å². The standard InChI is InChI=1S/C49H87NO7/c1-5-9-11-12-13-14-15-16-17-18-19-20-21-22-24-30-47(51)55-39-43(41-57-49(53)54-38-26-37-50(7-3)8-4)40-56-48(52)46-35-33-45(34-36-46)44-29-25-28-42(31-32-44)27-23-10-6-2/h13-14,16-17,42-46H,5-12,15,18-41H2,1-4H3/b14-13-,17-16-/t42-,43?,44-,45-,46-/m0/s1. The van der Waals surface area contributed by atoms with Crippen molar-refractivity contribution >= 4 is 18.1 Å². The monoisotopic (exact) mass is 802 g/mol. The van der Waals surface area contributed by atoms with E-state index in [1.54, 1.807) is 0 Å². The highest BCUT2D eigenvalue weighted by atomic mass is 16.7. The summed E-state index contributed by atoms with van der Waals surface area (Å²) in [5.41, 5.74) is 0. The van der Waals surface area contributed by atoms with Crippen molar-refractivity contribution in [1.82, 2.24) is 4.90 Å². The fourth-order valence-corrected chi connectivity index (χ4v) is 8.71. The number of esters is 2. The number of carbonyl (C=O) groups excluding carboxylic acids is 3. The van der Waals surface area contributed by atoms with Crippen molar-refractivity contribution < 1.29 is 33.3 Å². The SMILES string of the molecule is CCCCC/C=C\C/C=C\CCCCCCCC(=O)OCC(COC(=O)OCCCN(CC)CC)COC(=O)[C@H]1CC[C@H]([C@H]2CCC[C@H](CCCCC)CC2)CC1. The van der Waals surface area contributed by atoms with E-state index in [9.17, 15) is 14.4 Å². The molecule has 2 aliphatic carbocycles. The Morgan fingerprint density at radius 2 is 1.21 bits per heavy atom. The Morgan fingerprint density at radius 3 is 1.93 bits per heavy atom. The summed E-state index contributed by atoms with van der Waals surface area (Å²) in [6.07, 6.45) is 38.1. The van der Waals surface area contributed by atoms with Gasteiger partial charge in [-0.05, 0) is 108 Å². The number of ether oxygens (including phenoxy) is 4. The number of allylic oxidation sites excluding steroid dienone is 4. The molecule has 0 aliphatic heterocycles. The maximum Gasteiger partial charge on any atom is 0.508 e. The fourth-order valence-electron chi connectivity index (χ4n) is 8.71. The summed E-state index contributed by atoms with van der Waals surface area (Å²) < 4.78 is 22.2. The Morgan fingerprint density at radius 1 is 0.596 bits per heavy atom. The van der Waals surface area contributed by atoms with Gasteiger partial charge < -0.3 is 23.8 Å². The van der Waals surface area contributed by atoms with E-state index in [4.69, 9.17) is 18.9 Å². The summed E-state index contributed by atoms with van der Waals surface area (Å²) in [7, 11) is 0. The number of nitrogens with zero attached hydrogens (tertiary/aromatic N) is 1. The quantitative estimate of drug-likeness (QED) is 0.0218. The van der Waals surface area contributed by atoms with Crippen LogP contribution < -0.4 is 0 Å². The first-order chi connectivity index (χ1) is 27.9. The summed E-state index contributed by atoms with van der Waals surface area (Å²) in [5, 5.41) is 0. The van der Waals surface area contributed by atoms with Crippen LogP contribution in [0.2, 0.25) is 0 Å². The van der Waals surface area contributed by atoms with E-state index in [0.29, 0.717) is 6.42 Å². The van der Waals surface area contributed by atoms with E-state index >= 15 is 0 Å². The van der Waals surface area contributed by atoms with Crippen molar-refractivity contribution in [2.45, 2.75) is 195 Å². The molecule has 0 spiro atoms. The molecule has 0 saturated heterocycles. The molecule has 8 nitrogen and oxygen atoms in total. The van der Waals surface area contributed by atoms with Gasteiger partial charge in [-0.25, -0.2) is 4.79 Å². The van der Waals surface area contributed by atoms with Crippen molar-refractivity contribution in [1.29, 1.82) is 0 Å². The Balaban J connectivity index is 1.71. The first-order valence-electron chi connectivity index (χ1n) is 24.0. The third-order valence-electron chi connectivity index (χ3n) is 12.6. The van der Waals surface area contributed by atoms with Gasteiger partial charge in [-0.1, -0.05) is 135 Å². The number of hydrogen-bond acceptors (Lipinski definition) is 8. The van der Waals surface area contributed by atoms with Gasteiger partial charge in [0.25, 0.3) is 0 Å². The minimum atomic E-state index is -0.744. The highest BCUT2D eigenvalue weighted by Crippen LogP contribution is 2.41. The van der Waals surface area contributed by atoms with Gasteiger partial charge in [-0.2, -0.15) is 0 Å². The molecule has 0 bridgehead atoms. The smallest absolute Gasteiger partial charge is 0.465 e. The van der Waals surface area contributed by atoms with E-state index in [-0.39, 0.29) is 44.3 Å². The lowest BCUT2D eigenvalue weighted by Crippen LogP contribution is -2.31. The minimum absolute atomic E-state index is 0.0347. The Bertz CT molecular complexity index is 1060. The third-order valence-corrected chi connectivity index (χ3v) is 12.6. The van der Waals surface area contributed by atoms with Crippen molar-refractivity contribution in [3.63, 3.8) is 0 Å². The second-order valence-electron chi connectivity index (χ2n) is 17.2. The van der Waals surface area contributed by atoms with Gasteiger partial charge in [-0.15, -0.1) is 0 Å². The second-order valence-corrected chi connectivity index (χ2v) is 17.2. The lowest BCUT2D eigenvalue weighted by Gasteiger charge is -2.33. The van der Waals surface area contributed by atoms with Crippen LogP contribution in [-0.4, -0.2) is 69.1 Å². The Kier molecular flexibility index (Phi) is 30.7. The van der Waals surface area contributed by atoms with Crippen LogP contribution in [-0.2, 0) is 28.5 Å². The predicted octanol–water partition coefficient (Wildman–Crippen LogP) is 13.0. The number of unbranched alkanes of at least 4 members (excludes halogenated alkanes) is 10. The second kappa shape index (κ2) is 34.5.